The highest BCUT2D eigenvalue weighted by molar-refractivity contribution is 5.94. The molecule has 0 spiro atoms. The van der Waals surface area contributed by atoms with E-state index < -0.39 is 34.8 Å². The molecule has 1 aromatic carbocycles. The standard InChI is InChI=1S/C26H25F4N5O3/c1-25(2,3)38-24(37)34-10-8-15(9-11-34)19-13-20(36)32-23-21-17(26(28,29)30)12-18(31-22(21)33-35(19)23)14-4-6-16(27)7-5-14/h4-7,12-13,15H,8-11H2,1-3H3,(H,32,36). The summed E-state index contributed by atoms with van der Waals surface area (Å²) in [5, 5.41) is 4.04. The third kappa shape index (κ3) is 4.94. The first-order valence-corrected chi connectivity index (χ1v) is 12.1. The van der Waals surface area contributed by atoms with E-state index in [1.54, 1.807) is 25.7 Å². The van der Waals surface area contributed by atoms with Crippen LogP contribution in [0.4, 0.5) is 22.4 Å². The number of halogens is 4. The monoisotopic (exact) mass is 531 g/mol. The Kier molecular flexibility index (Phi) is 6.15. The summed E-state index contributed by atoms with van der Waals surface area (Å²) in [6.45, 7) is 6.04. The van der Waals surface area contributed by atoms with Gasteiger partial charge in [-0.15, -0.1) is 5.10 Å². The summed E-state index contributed by atoms with van der Waals surface area (Å²) in [4.78, 5) is 33.4. The molecule has 0 aliphatic carbocycles. The number of hydrogen-bond donors (Lipinski definition) is 1. The molecule has 200 valence electrons. The lowest BCUT2D eigenvalue weighted by atomic mass is 9.93. The van der Waals surface area contributed by atoms with Gasteiger partial charge in [0.05, 0.1) is 22.3 Å². The summed E-state index contributed by atoms with van der Waals surface area (Å²) in [6.07, 6.45) is -4.28. The first kappa shape index (κ1) is 25.7. The second-order valence-corrected chi connectivity index (χ2v) is 10.3. The molecule has 12 heteroatoms. The fourth-order valence-electron chi connectivity index (χ4n) is 4.71. The van der Waals surface area contributed by atoms with E-state index in [-0.39, 0.29) is 28.3 Å². The largest absolute Gasteiger partial charge is 0.444 e. The van der Waals surface area contributed by atoms with Crippen LogP contribution in [0.2, 0.25) is 0 Å². The van der Waals surface area contributed by atoms with Gasteiger partial charge < -0.3 is 14.6 Å². The zero-order chi connectivity index (χ0) is 27.4. The predicted molar refractivity (Wildman–Crippen MR) is 131 cm³/mol. The van der Waals surface area contributed by atoms with Crippen molar-refractivity contribution in [2.24, 2.45) is 0 Å². The molecule has 1 fully saturated rings. The SMILES string of the molecule is CC(C)(C)OC(=O)N1CCC(c2cc(=O)[nH]c3c4c(C(F)(F)F)cc(-c5ccc(F)cc5)nc4nn23)CC1. The van der Waals surface area contributed by atoms with Crippen molar-refractivity contribution in [3.05, 3.63) is 63.8 Å². The highest BCUT2D eigenvalue weighted by Gasteiger charge is 2.36. The number of aromatic amines is 1. The number of likely N-dealkylation sites (tertiary alicyclic amines) is 1. The van der Waals surface area contributed by atoms with Crippen LogP contribution in [0, 0.1) is 5.82 Å². The van der Waals surface area contributed by atoms with Gasteiger partial charge in [0, 0.05) is 30.6 Å². The summed E-state index contributed by atoms with van der Waals surface area (Å²) in [7, 11) is 0. The molecule has 0 bridgehead atoms. The normalized spacial score (nSPS) is 15.4. The van der Waals surface area contributed by atoms with Gasteiger partial charge in [-0.05, 0) is 63.9 Å². The lowest BCUT2D eigenvalue weighted by Crippen LogP contribution is -2.41. The number of nitrogens with zero attached hydrogens (tertiary/aromatic N) is 4. The van der Waals surface area contributed by atoms with Gasteiger partial charge in [-0.3, -0.25) is 4.79 Å². The van der Waals surface area contributed by atoms with Crippen molar-refractivity contribution < 1.29 is 27.1 Å². The smallest absolute Gasteiger partial charge is 0.417 e. The quantitative estimate of drug-likeness (QED) is 0.345. The molecule has 1 amide bonds. The van der Waals surface area contributed by atoms with Crippen LogP contribution in [0.25, 0.3) is 27.9 Å². The maximum absolute atomic E-state index is 14.2. The van der Waals surface area contributed by atoms with Gasteiger partial charge in [-0.25, -0.2) is 18.7 Å². The van der Waals surface area contributed by atoms with Crippen LogP contribution in [-0.2, 0) is 10.9 Å². The van der Waals surface area contributed by atoms with Gasteiger partial charge in [-0.1, -0.05) is 0 Å². The number of aromatic nitrogens is 4. The van der Waals surface area contributed by atoms with Crippen molar-refractivity contribution in [3.63, 3.8) is 0 Å². The number of ether oxygens (including phenoxy) is 1. The minimum atomic E-state index is -4.77. The molecule has 0 saturated carbocycles. The third-order valence-electron chi connectivity index (χ3n) is 6.42. The zero-order valence-electron chi connectivity index (χ0n) is 20.9. The van der Waals surface area contributed by atoms with Gasteiger partial charge in [0.25, 0.3) is 5.56 Å². The van der Waals surface area contributed by atoms with E-state index in [4.69, 9.17) is 4.74 Å². The Morgan fingerprint density at radius 1 is 1.08 bits per heavy atom. The minimum absolute atomic E-state index is 0.0252. The molecule has 0 atom stereocenters. The van der Waals surface area contributed by atoms with E-state index >= 15 is 0 Å². The number of carbonyl (C=O) groups excluding carboxylic acids is 1. The first-order valence-electron chi connectivity index (χ1n) is 12.1. The van der Waals surface area contributed by atoms with E-state index in [0.29, 0.717) is 37.2 Å². The lowest BCUT2D eigenvalue weighted by Gasteiger charge is -2.33. The summed E-state index contributed by atoms with van der Waals surface area (Å²) in [5.41, 5.74) is -1.83. The van der Waals surface area contributed by atoms with Gasteiger partial charge in [0.2, 0.25) is 0 Å². The molecule has 1 N–H and O–H groups in total. The number of rotatable bonds is 2. The fourth-order valence-corrected chi connectivity index (χ4v) is 4.71. The number of amides is 1. The van der Waals surface area contributed by atoms with Crippen LogP contribution in [0.5, 0.6) is 0 Å². The van der Waals surface area contributed by atoms with Gasteiger partial charge in [0.1, 0.15) is 17.1 Å². The molecule has 5 rings (SSSR count). The van der Waals surface area contributed by atoms with Crippen molar-refractivity contribution in [2.45, 2.75) is 51.3 Å². The Labute approximate surface area is 214 Å². The van der Waals surface area contributed by atoms with Crippen LogP contribution in [-0.4, -0.2) is 49.3 Å². The second-order valence-electron chi connectivity index (χ2n) is 10.3. The highest BCUT2D eigenvalue weighted by atomic mass is 19.4. The lowest BCUT2D eigenvalue weighted by molar-refractivity contribution is -0.136. The summed E-state index contributed by atoms with van der Waals surface area (Å²) in [5.74, 6) is -0.766. The molecule has 4 heterocycles. The molecule has 8 nitrogen and oxygen atoms in total. The Morgan fingerprint density at radius 3 is 2.34 bits per heavy atom. The van der Waals surface area contributed by atoms with Crippen LogP contribution in [0.15, 0.2) is 41.2 Å². The Balaban J connectivity index is 1.58. The maximum atomic E-state index is 14.2. The van der Waals surface area contributed by atoms with Crippen LogP contribution in [0.1, 0.15) is 50.8 Å². The number of fused-ring (bicyclic) bond motifs is 3. The minimum Gasteiger partial charge on any atom is -0.444 e. The molecule has 1 aliphatic heterocycles. The highest BCUT2D eigenvalue weighted by Crippen LogP contribution is 2.39. The van der Waals surface area contributed by atoms with Gasteiger partial charge >= 0.3 is 12.3 Å². The molecule has 0 radical (unpaired) electrons. The van der Waals surface area contributed by atoms with E-state index in [0.717, 1.165) is 18.2 Å². The van der Waals surface area contributed by atoms with Crippen molar-refractivity contribution in [3.8, 4) is 11.3 Å². The van der Waals surface area contributed by atoms with E-state index in [1.165, 1.54) is 22.7 Å². The summed E-state index contributed by atoms with van der Waals surface area (Å²) < 4.78 is 62.7. The number of piperidine rings is 1. The molecule has 38 heavy (non-hydrogen) atoms. The number of benzene rings is 1. The number of hydrogen-bond acceptors (Lipinski definition) is 5. The van der Waals surface area contributed by atoms with E-state index in [1.807, 2.05) is 0 Å². The Hall–Kier alpha value is -3.96. The number of alkyl halides is 3. The van der Waals surface area contributed by atoms with Crippen LogP contribution >= 0.6 is 0 Å². The van der Waals surface area contributed by atoms with E-state index in [9.17, 15) is 27.2 Å². The number of nitrogens with one attached hydrogen (secondary N) is 1. The number of pyridine rings is 1. The average molecular weight is 532 g/mol. The fraction of sp³-hybridized carbons (Fsp3) is 0.385. The average Bonchev–Trinajstić information content (AvgIpc) is 3.20. The van der Waals surface area contributed by atoms with Crippen LogP contribution in [0.3, 0.4) is 0 Å². The van der Waals surface area contributed by atoms with Crippen molar-refractivity contribution in [1.29, 1.82) is 0 Å². The molecule has 3 aromatic heterocycles. The zero-order valence-corrected chi connectivity index (χ0v) is 20.9. The predicted octanol–water partition coefficient (Wildman–Crippen LogP) is 5.51. The molecule has 4 aromatic rings. The van der Waals surface area contributed by atoms with Crippen LogP contribution < -0.4 is 5.56 Å². The Bertz CT molecular complexity index is 1580. The van der Waals surface area contributed by atoms with Gasteiger partial charge in [0.15, 0.2) is 5.65 Å². The molecule has 1 aliphatic rings. The molecular weight excluding hydrogens is 506 g/mol. The maximum Gasteiger partial charge on any atom is 0.417 e. The summed E-state index contributed by atoms with van der Waals surface area (Å²) in [6, 6.07) is 7.15. The molecule has 0 unspecified atom stereocenters. The first-order chi connectivity index (χ1) is 17.8. The van der Waals surface area contributed by atoms with Gasteiger partial charge in [-0.2, -0.15) is 13.2 Å². The second kappa shape index (κ2) is 9.10. The van der Waals surface area contributed by atoms with E-state index in [2.05, 4.69) is 15.1 Å². The number of H-pyrrole nitrogens is 1. The molecule has 1 saturated heterocycles. The van der Waals surface area contributed by atoms with Crippen molar-refractivity contribution in [2.75, 3.05) is 13.1 Å². The number of carbonyl (C=O) groups is 1. The summed E-state index contributed by atoms with van der Waals surface area (Å²) >= 11 is 0. The third-order valence-corrected chi connectivity index (χ3v) is 6.42. The van der Waals surface area contributed by atoms with Crippen molar-refractivity contribution >= 4 is 22.8 Å². The topological polar surface area (TPSA) is 92.6 Å². The van der Waals surface area contributed by atoms with Crippen molar-refractivity contribution in [1.82, 2.24) is 24.5 Å². The Morgan fingerprint density at radius 2 is 1.74 bits per heavy atom. The molecular formula is C26H25F4N5O3.